The number of carbonyl (C=O) groups is 1. The van der Waals surface area contributed by atoms with E-state index in [-0.39, 0.29) is 18.0 Å². The Kier molecular flexibility index (Phi) is 4.49. The summed E-state index contributed by atoms with van der Waals surface area (Å²) in [5.41, 5.74) is 1.48. The number of hydrogen-bond acceptors (Lipinski definition) is 4. The van der Waals surface area contributed by atoms with Gasteiger partial charge in [-0.05, 0) is 17.7 Å². The lowest BCUT2D eigenvalue weighted by atomic mass is 10.2. The lowest BCUT2D eigenvalue weighted by Gasteiger charge is -2.06. The van der Waals surface area contributed by atoms with Crippen molar-refractivity contribution in [3.05, 3.63) is 89.1 Å². The van der Waals surface area contributed by atoms with Crippen LogP contribution >= 0.6 is 0 Å². The molecule has 134 valence electrons. The van der Waals surface area contributed by atoms with Crippen LogP contribution in [0.3, 0.4) is 0 Å². The van der Waals surface area contributed by atoms with Crippen molar-refractivity contribution >= 4 is 22.6 Å². The zero-order valence-corrected chi connectivity index (χ0v) is 14.4. The molecule has 0 bridgehead atoms. The van der Waals surface area contributed by atoms with Gasteiger partial charge in [0.1, 0.15) is 6.54 Å². The first-order chi connectivity index (χ1) is 13.2. The lowest BCUT2D eigenvalue weighted by Crippen LogP contribution is -2.28. The first-order valence-corrected chi connectivity index (χ1v) is 8.50. The van der Waals surface area contributed by atoms with Crippen LogP contribution in [0, 0.1) is 0 Å². The van der Waals surface area contributed by atoms with Gasteiger partial charge < -0.3 is 5.32 Å². The van der Waals surface area contributed by atoms with Gasteiger partial charge in [-0.3, -0.25) is 18.8 Å². The molecular weight excluding hydrogens is 342 g/mol. The molecule has 27 heavy (non-hydrogen) atoms. The summed E-state index contributed by atoms with van der Waals surface area (Å²) in [6.45, 7) is 0.493. The number of amides is 1. The molecule has 0 aliphatic rings. The summed E-state index contributed by atoms with van der Waals surface area (Å²) >= 11 is 0. The van der Waals surface area contributed by atoms with Crippen LogP contribution in [-0.2, 0) is 17.9 Å². The van der Waals surface area contributed by atoms with Crippen molar-refractivity contribution in [2.24, 2.45) is 0 Å². The Morgan fingerprint density at radius 3 is 2.63 bits per heavy atom. The highest BCUT2D eigenvalue weighted by molar-refractivity contribution is 5.89. The topological polar surface area (TPSA) is 81.8 Å². The number of carbonyl (C=O) groups excluding carboxylic acids is 1. The summed E-state index contributed by atoms with van der Waals surface area (Å²) in [7, 11) is 0. The summed E-state index contributed by atoms with van der Waals surface area (Å²) < 4.78 is 3.04. The third kappa shape index (κ3) is 3.77. The van der Waals surface area contributed by atoms with Gasteiger partial charge in [-0.25, -0.2) is 4.98 Å². The van der Waals surface area contributed by atoms with Crippen molar-refractivity contribution in [1.29, 1.82) is 0 Å². The number of benzene rings is 2. The molecule has 0 saturated heterocycles. The van der Waals surface area contributed by atoms with E-state index in [2.05, 4.69) is 15.4 Å². The van der Waals surface area contributed by atoms with Crippen LogP contribution in [0.2, 0.25) is 0 Å². The fraction of sp³-hybridized carbons (Fsp3) is 0.100. The number of hydrogen-bond donors (Lipinski definition) is 1. The van der Waals surface area contributed by atoms with Gasteiger partial charge in [-0.1, -0.05) is 42.5 Å². The van der Waals surface area contributed by atoms with Crippen molar-refractivity contribution in [2.45, 2.75) is 13.1 Å². The zero-order chi connectivity index (χ0) is 18.6. The van der Waals surface area contributed by atoms with Crippen molar-refractivity contribution in [3.63, 3.8) is 0 Å². The molecule has 0 aliphatic heterocycles. The average molecular weight is 359 g/mol. The Bertz CT molecular complexity index is 1150. The van der Waals surface area contributed by atoms with Crippen LogP contribution in [0.1, 0.15) is 5.56 Å². The van der Waals surface area contributed by atoms with Crippen molar-refractivity contribution < 1.29 is 4.79 Å². The summed E-state index contributed by atoms with van der Waals surface area (Å²) in [5, 5.41) is 7.54. The third-order valence-corrected chi connectivity index (χ3v) is 4.14. The van der Waals surface area contributed by atoms with E-state index in [0.717, 1.165) is 5.56 Å². The molecule has 0 fully saturated rings. The van der Waals surface area contributed by atoms with Crippen molar-refractivity contribution in [3.8, 4) is 0 Å². The highest BCUT2D eigenvalue weighted by Gasteiger charge is 2.09. The van der Waals surface area contributed by atoms with Crippen LogP contribution in [0.5, 0.6) is 0 Å². The largest absolute Gasteiger partial charge is 0.308 e. The van der Waals surface area contributed by atoms with Gasteiger partial charge in [0.05, 0.1) is 23.8 Å². The molecule has 2 heterocycles. The maximum Gasteiger partial charge on any atom is 0.261 e. The summed E-state index contributed by atoms with van der Waals surface area (Å²) in [5.74, 6) is 0.108. The van der Waals surface area contributed by atoms with Gasteiger partial charge in [-0.2, -0.15) is 5.10 Å². The van der Waals surface area contributed by atoms with E-state index >= 15 is 0 Å². The highest BCUT2D eigenvalue weighted by Crippen LogP contribution is 2.07. The minimum absolute atomic E-state index is 0.123. The average Bonchev–Trinajstić information content (AvgIpc) is 3.11. The third-order valence-electron chi connectivity index (χ3n) is 4.14. The van der Waals surface area contributed by atoms with E-state index in [1.54, 1.807) is 35.1 Å². The minimum Gasteiger partial charge on any atom is -0.308 e. The van der Waals surface area contributed by atoms with Crippen LogP contribution in [0.4, 0.5) is 5.82 Å². The molecule has 4 rings (SSSR count). The zero-order valence-electron chi connectivity index (χ0n) is 14.4. The molecule has 2 aromatic carbocycles. The smallest absolute Gasteiger partial charge is 0.261 e. The van der Waals surface area contributed by atoms with Gasteiger partial charge in [0, 0.05) is 12.3 Å². The van der Waals surface area contributed by atoms with Crippen molar-refractivity contribution in [1.82, 2.24) is 19.3 Å². The van der Waals surface area contributed by atoms with E-state index in [1.165, 1.54) is 10.9 Å². The molecule has 1 amide bonds. The van der Waals surface area contributed by atoms with E-state index in [1.807, 2.05) is 36.4 Å². The standard InChI is InChI=1S/C20H17N5O2/c26-19(13-24-14-21-17-9-5-4-8-16(17)20(24)27)22-18-10-11-25(23-18)12-15-6-2-1-3-7-15/h1-11,14H,12-13H2,(H,22,23,26). The molecule has 0 unspecified atom stereocenters. The number of rotatable bonds is 5. The van der Waals surface area contributed by atoms with Gasteiger partial charge in [0.2, 0.25) is 5.91 Å². The fourth-order valence-electron chi connectivity index (χ4n) is 2.84. The van der Waals surface area contributed by atoms with Crippen LogP contribution < -0.4 is 10.9 Å². The molecule has 0 radical (unpaired) electrons. The lowest BCUT2D eigenvalue weighted by molar-refractivity contribution is -0.116. The Labute approximate surface area is 154 Å². The van der Waals surface area contributed by atoms with Crippen molar-refractivity contribution in [2.75, 3.05) is 5.32 Å². The predicted molar refractivity (Wildman–Crippen MR) is 102 cm³/mol. The number of nitrogens with zero attached hydrogens (tertiary/aromatic N) is 4. The maximum atomic E-state index is 12.4. The quantitative estimate of drug-likeness (QED) is 0.593. The van der Waals surface area contributed by atoms with E-state index < -0.39 is 0 Å². The molecule has 0 saturated carbocycles. The van der Waals surface area contributed by atoms with E-state index in [9.17, 15) is 9.59 Å². The van der Waals surface area contributed by atoms with Crippen LogP contribution in [0.15, 0.2) is 78.0 Å². The molecule has 0 atom stereocenters. The number of aromatic nitrogens is 4. The summed E-state index contributed by atoms with van der Waals surface area (Å²) in [6.07, 6.45) is 3.19. The first kappa shape index (κ1) is 16.7. The molecule has 2 aromatic heterocycles. The number of anilines is 1. The maximum absolute atomic E-state index is 12.4. The Balaban J connectivity index is 1.44. The van der Waals surface area contributed by atoms with Gasteiger partial charge in [-0.15, -0.1) is 0 Å². The van der Waals surface area contributed by atoms with Gasteiger partial charge in [0.25, 0.3) is 5.56 Å². The second-order valence-electron chi connectivity index (χ2n) is 6.13. The summed E-state index contributed by atoms with van der Waals surface area (Å²) in [6, 6.07) is 18.7. The second kappa shape index (κ2) is 7.25. The summed E-state index contributed by atoms with van der Waals surface area (Å²) in [4.78, 5) is 29.0. The van der Waals surface area contributed by atoms with E-state index in [0.29, 0.717) is 23.3 Å². The predicted octanol–water partition coefficient (Wildman–Crippen LogP) is 2.28. The van der Waals surface area contributed by atoms with Gasteiger partial charge in [0.15, 0.2) is 5.82 Å². The van der Waals surface area contributed by atoms with E-state index in [4.69, 9.17) is 0 Å². The molecule has 7 heteroatoms. The Morgan fingerprint density at radius 1 is 1.00 bits per heavy atom. The number of nitrogens with one attached hydrogen (secondary N) is 1. The molecule has 1 N–H and O–H groups in total. The number of para-hydroxylation sites is 1. The Morgan fingerprint density at radius 2 is 1.78 bits per heavy atom. The molecule has 7 nitrogen and oxygen atoms in total. The molecular formula is C20H17N5O2. The normalized spacial score (nSPS) is 10.8. The van der Waals surface area contributed by atoms with Crippen LogP contribution in [0.25, 0.3) is 10.9 Å². The Hall–Kier alpha value is -3.74. The molecule has 0 spiro atoms. The molecule has 0 aliphatic carbocycles. The van der Waals surface area contributed by atoms with Gasteiger partial charge >= 0.3 is 0 Å². The highest BCUT2D eigenvalue weighted by atomic mass is 16.2. The minimum atomic E-state index is -0.334. The SMILES string of the molecule is O=C(Cn1cnc2ccccc2c1=O)Nc1ccn(Cc2ccccc2)n1. The monoisotopic (exact) mass is 359 g/mol. The fourth-order valence-corrected chi connectivity index (χ4v) is 2.84. The molecule has 4 aromatic rings. The van der Waals surface area contributed by atoms with Crippen LogP contribution in [-0.4, -0.2) is 25.2 Å². The first-order valence-electron chi connectivity index (χ1n) is 8.50. The second-order valence-corrected chi connectivity index (χ2v) is 6.13. The number of fused-ring (bicyclic) bond motifs is 1.